The lowest BCUT2D eigenvalue weighted by atomic mass is 10.1. The maximum absolute atomic E-state index is 12.3. The second-order valence-corrected chi connectivity index (χ2v) is 7.45. The zero-order chi connectivity index (χ0) is 13.2. The summed E-state index contributed by atoms with van der Waals surface area (Å²) in [6.45, 7) is 6.31. The monoisotopic (exact) mass is 276 g/mol. The van der Waals surface area contributed by atoms with Gasteiger partial charge < -0.3 is 5.73 Å². The van der Waals surface area contributed by atoms with Crippen molar-refractivity contribution in [3.63, 3.8) is 0 Å². The van der Waals surface area contributed by atoms with Gasteiger partial charge in [-0.3, -0.25) is 0 Å². The van der Waals surface area contributed by atoms with Crippen molar-refractivity contribution in [1.29, 1.82) is 0 Å². The Bertz CT molecular complexity index is 466. The third-order valence-electron chi connectivity index (χ3n) is 3.05. The van der Waals surface area contributed by atoms with Crippen molar-refractivity contribution >= 4 is 21.4 Å². The van der Waals surface area contributed by atoms with Crippen molar-refractivity contribution < 1.29 is 8.42 Å². The summed E-state index contributed by atoms with van der Waals surface area (Å²) in [5, 5.41) is 1.65. The maximum Gasteiger partial charge on any atom is 0.243 e. The predicted octanol–water partition coefficient (Wildman–Crippen LogP) is 1.87. The molecule has 1 unspecified atom stereocenters. The van der Waals surface area contributed by atoms with E-state index in [9.17, 15) is 8.42 Å². The fourth-order valence-electron chi connectivity index (χ4n) is 1.41. The van der Waals surface area contributed by atoms with Crippen LogP contribution < -0.4 is 5.73 Å². The highest BCUT2D eigenvalue weighted by atomic mass is 32.2. The Labute approximate surface area is 107 Å². The molecule has 1 aromatic heterocycles. The molecule has 0 aromatic carbocycles. The Morgan fingerprint density at radius 3 is 2.41 bits per heavy atom. The number of hydrogen-bond acceptors (Lipinski definition) is 4. The minimum absolute atomic E-state index is 0.0266. The highest BCUT2D eigenvalue weighted by Crippen LogP contribution is 2.24. The van der Waals surface area contributed by atoms with E-state index in [0.717, 1.165) is 4.88 Å². The molecule has 0 bridgehead atoms. The quantitative estimate of drug-likeness (QED) is 0.893. The van der Waals surface area contributed by atoms with Crippen molar-refractivity contribution in [2.45, 2.75) is 38.3 Å². The van der Waals surface area contributed by atoms with Gasteiger partial charge in [0.15, 0.2) is 0 Å². The number of thiophene rings is 1. The standard InChI is InChI=1S/C11H20N2O2S2/c1-8(2)9(3)13(4)17(14,15)11-5-10(6-12)16-7-11/h5,7-9H,6,12H2,1-4H3. The zero-order valence-electron chi connectivity index (χ0n) is 10.7. The first-order valence-electron chi connectivity index (χ1n) is 5.56. The Morgan fingerprint density at radius 1 is 1.41 bits per heavy atom. The maximum atomic E-state index is 12.3. The van der Waals surface area contributed by atoms with Crippen LogP contribution in [0.25, 0.3) is 0 Å². The number of nitrogens with two attached hydrogens (primary N) is 1. The zero-order valence-corrected chi connectivity index (χ0v) is 12.3. The van der Waals surface area contributed by atoms with E-state index in [0.29, 0.717) is 11.4 Å². The molecule has 0 saturated carbocycles. The lowest BCUT2D eigenvalue weighted by Gasteiger charge is -2.26. The van der Waals surface area contributed by atoms with Crippen LogP contribution in [0.3, 0.4) is 0 Å². The van der Waals surface area contributed by atoms with Crippen LogP contribution in [0.1, 0.15) is 25.6 Å². The first kappa shape index (κ1) is 14.6. The second-order valence-electron chi connectivity index (χ2n) is 4.46. The average molecular weight is 276 g/mol. The van der Waals surface area contributed by atoms with E-state index in [4.69, 9.17) is 5.73 Å². The van der Waals surface area contributed by atoms with E-state index < -0.39 is 10.0 Å². The van der Waals surface area contributed by atoms with E-state index in [1.54, 1.807) is 18.5 Å². The Morgan fingerprint density at radius 2 is 2.00 bits per heavy atom. The molecule has 1 aromatic rings. The molecule has 0 saturated heterocycles. The third kappa shape index (κ3) is 3.07. The highest BCUT2D eigenvalue weighted by molar-refractivity contribution is 7.89. The predicted molar refractivity (Wildman–Crippen MR) is 71.5 cm³/mol. The number of sulfonamides is 1. The SMILES string of the molecule is CC(C)C(C)N(C)S(=O)(=O)c1csc(CN)c1. The van der Waals surface area contributed by atoms with Crippen molar-refractivity contribution in [2.24, 2.45) is 11.7 Å². The van der Waals surface area contributed by atoms with Crippen LogP contribution in [-0.2, 0) is 16.6 Å². The van der Waals surface area contributed by atoms with Crippen molar-refractivity contribution in [1.82, 2.24) is 4.31 Å². The average Bonchev–Trinajstić information content (AvgIpc) is 2.75. The van der Waals surface area contributed by atoms with Gasteiger partial charge in [0, 0.05) is 29.9 Å². The minimum Gasteiger partial charge on any atom is -0.326 e. The summed E-state index contributed by atoms with van der Waals surface area (Å²) < 4.78 is 26.0. The molecule has 0 aliphatic heterocycles. The topological polar surface area (TPSA) is 63.4 Å². The summed E-state index contributed by atoms with van der Waals surface area (Å²) in [4.78, 5) is 1.23. The van der Waals surface area contributed by atoms with E-state index in [-0.39, 0.29) is 12.0 Å². The van der Waals surface area contributed by atoms with Gasteiger partial charge in [0.1, 0.15) is 0 Å². The van der Waals surface area contributed by atoms with Gasteiger partial charge in [0.2, 0.25) is 10.0 Å². The molecule has 4 nitrogen and oxygen atoms in total. The molecule has 0 aliphatic carbocycles. The van der Waals surface area contributed by atoms with Gasteiger partial charge in [0.05, 0.1) is 4.90 Å². The molecular formula is C11H20N2O2S2. The largest absolute Gasteiger partial charge is 0.326 e. The number of rotatable bonds is 5. The summed E-state index contributed by atoms with van der Waals surface area (Å²) in [5.41, 5.74) is 5.49. The molecule has 0 amide bonds. The van der Waals surface area contributed by atoms with E-state index in [1.165, 1.54) is 15.6 Å². The van der Waals surface area contributed by atoms with Crippen molar-refractivity contribution in [2.75, 3.05) is 7.05 Å². The van der Waals surface area contributed by atoms with Crippen molar-refractivity contribution in [3.8, 4) is 0 Å². The molecule has 0 spiro atoms. The van der Waals surface area contributed by atoms with Crippen LogP contribution in [0.5, 0.6) is 0 Å². The van der Waals surface area contributed by atoms with Crippen LogP contribution in [0.4, 0.5) is 0 Å². The Kier molecular flexibility index (Phi) is 4.71. The molecule has 0 radical (unpaired) electrons. The van der Waals surface area contributed by atoms with Gasteiger partial charge in [-0.1, -0.05) is 13.8 Å². The fourth-order valence-corrected chi connectivity index (χ4v) is 4.04. The lowest BCUT2D eigenvalue weighted by Crippen LogP contribution is -2.38. The van der Waals surface area contributed by atoms with Gasteiger partial charge in [-0.25, -0.2) is 8.42 Å². The van der Waals surface area contributed by atoms with E-state index in [1.807, 2.05) is 20.8 Å². The second kappa shape index (κ2) is 5.48. The molecule has 1 atom stereocenters. The van der Waals surface area contributed by atoms with E-state index >= 15 is 0 Å². The van der Waals surface area contributed by atoms with Crippen LogP contribution in [0.2, 0.25) is 0 Å². The van der Waals surface area contributed by atoms with Crippen molar-refractivity contribution in [3.05, 3.63) is 16.3 Å². The molecule has 6 heteroatoms. The van der Waals surface area contributed by atoms with Gasteiger partial charge in [-0.15, -0.1) is 11.3 Å². The lowest BCUT2D eigenvalue weighted by molar-refractivity contribution is 0.316. The first-order chi connectivity index (χ1) is 7.80. The molecule has 98 valence electrons. The van der Waals surface area contributed by atoms with Crippen LogP contribution in [0, 0.1) is 5.92 Å². The Balaban J connectivity index is 3.02. The van der Waals surface area contributed by atoms with Gasteiger partial charge in [-0.05, 0) is 18.9 Å². The Hall–Kier alpha value is -0.430. The molecule has 1 rings (SSSR count). The van der Waals surface area contributed by atoms with Gasteiger partial charge >= 0.3 is 0 Å². The fraction of sp³-hybridized carbons (Fsp3) is 0.636. The first-order valence-corrected chi connectivity index (χ1v) is 7.88. The smallest absolute Gasteiger partial charge is 0.243 e. The van der Waals surface area contributed by atoms with E-state index in [2.05, 4.69) is 0 Å². The van der Waals surface area contributed by atoms with Gasteiger partial charge in [-0.2, -0.15) is 4.31 Å². The summed E-state index contributed by atoms with van der Waals surface area (Å²) in [5.74, 6) is 0.280. The molecule has 1 heterocycles. The summed E-state index contributed by atoms with van der Waals surface area (Å²) in [6, 6.07) is 1.63. The summed E-state index contributed by atoms with van der Waals surface area (Å²) >= 11 is 1.38. The number of nitrogens with zero attached hydrogens (tertiary/aromatic N) is 1. The third-order valence-corrected chi connectivity index (χ3v) is 6.08. The van der Waals surface area contributed by atoms with Crippen LogP contribution >= 0.6 is 11.3 Å². The highest BCUT2D eigenvalue weighted by Gasteiger charge is 2.27. The molecular weight excluding hydrogens is 256 g/mol. The molecule has 0 aliphatic rings. The van der Waals surface area contributed by atoms with Crippen LogP contribution in [0.15, 0.2) is 16.3 Å². The molecule has 17 heavy (non-hydrogen) atoms. The normalized spacial score (nSPS) is 14.5. The van der Waals surface area contributed by atoms with Crippen LogP contribution in [-0.4, -0.2) is 25.8 Å². The summed E-state index contributed by atoms with van der Waals surface area (Å²) in [7, 11) is -1.76. The molecule has 2 N–H and O–H groups in total. The summed E-state index contributed by atoms with van der Waals surface area (Å²) in [6.07, 6.45) is 0. The van der Waals surface area contributed by atoms with Gasteiger partial charge in [0.25, 0.3) is 0 Å². The minimum atomic E-state index is -3.38. The molecule has 0 fully saturated rings. The number of hydrogen-bond donors (Lipinski definition) is 1.